The first-order chi connectivity index (χ1) is 16.9. The van der Waals surface area contributed by atoms with E-state index in [0.29, 0.717) is 22.9 Å². The van der Waals surface area contributed by atoms with Crippen molar-refractivity contribution in [1.29, 1.82) is 0 Å². The van der Waals surface area contributed by atoms with Crippen molar-refractivity contribution in [2.75, 3.05) is 36.0 Å². The number of likely N-dealkylation sites (tertiary alicyclic amines) is 1. The van der Waals surface area contributed by atoms with Crippen LogP contribution in [0.25, 0.3) is 6.08 Å². The number of benzene rings is 3. The Morgan fingerprint density at radius 3 is 2.40 bits per heavy atom. The number of nitrogens with one attached hydrogen (secondary N) is 2. The number of nitrogens with two attached hydrogens (primary N) is 1. The second-order valence-corrected chi connectivity index (χ2v) is 9.07. The maximum Gasteiger partial charge on any atom is 0.248 e. The molecule has 1 fully saturated rings. The second kappa shape index (κ2) is 11.2. The highest BCUT2D eigenvalue weighted by molar-refractivity contribution is 6.30. The van der Waals surface area contributed by atoms with Crippen LogP contribution in [0.5, 0.6) is 0 Å². The van der Waals surface area contributed by atoms with E-state index in [0.717, 1.165) is 29.9 Å². The predicted octanol–water partition coefficient (Wildman–Crippen LogP) is 5.25. The molecular weight excluding hydrogens is 460 g/mol. The zero-order valence-electron chi connectivity index (χ0n) is 19.6. The van der Waals surface area contributed by atoms with Gasteiger partial charge in [0.25, 0.3) is 0 Å². The highest BCUT2D eigenvalue weighted by Gasteiger charge is 2.37. The van der Waals surface area contributed by atoms with Crippen molar-refractivity contribution < 1.29 is 9.59 Å². The second-order valence-electron chi connectivity index (χ2n) is 8.64. The third-order valence-corrected chi connectivity index (χ3v) is 6.55. The van der Waals surface area contributed by atoms with Gasteiger partial charge in [-0.25, -0.2) is 0 Å². The van der Waals surface area contributed by atoms with E-state index in [9.17, 15) is 9.59 Å². The molecule has 4 N–H and O–H groups in total. The monoisotopic (exact) mass is 488 g/mol. The minimum Gasteiger partial charge on any atom is -0.397 e. The predicted molar refractivity (Wildman–Crippen MR) is 143 cm³/mol. The summed E-state index contributed by atoms with van der Waals surface area (Å²) in [6.07, 6.45) is 3.24. The number of nitrogen functional groups attached to an aromatic ring is 1. The number of nitrogens with zero attached hydrogens (tertiary/aromatic N) is 1. The van der Waals surface area contributed by atoms with E-state index >= 15 is 0 Å². The van der Waals surface area contributed by atoms with Crippen molar-refractivity contribution in [3.05, 3.63) is 95.0 Å². The van der Waals surface area contributed by atoms with Gasteiger partial charge in [0.2, 0.25) is 11.8 Å². The van der Waals surface area contributed by atoms with Crippen molar-refractivity contribution in [2.45, 2.75) is 12.8 Å². The molecule has 0 bridgehead atoms. The van der Waals surface area contributed by atoms with E-state index in [1.54, 1.807) is 30.3 Å². The Hall–Kier alpha value is -3.61. The van der Waals surface area contributed by atoms with E-state index in [1.165, 1.54) is 6.08 Å². The van der Waals surface area contributed by atoms with Gasteiger partial charge in [0.15, 0.2) is 0 Å². The third-order valence-electron chi connectivity index (χ3n) is 6.30. The summed E-state index contributed by atoms with van der Waals surface area (Å²) in [5.74, 6) is -0.312. The quantitative estimate of drug-likeness (QED) is 0.313. The summed E-state index contributed by atoms with van der Waals surface area (Å²) in [5.41, 5.74) is 9.73. The molecule has 7 heteroatoms. The van der Waals surface area contributed by atoms with Crippen molar-refractivity contribution in [1.82, 2.24) is 4.90 Å². The Morgan fingerprint density at radius 1 is 1.00 bits per heavy atom. The Morgan fingerprint density at radius 2 is 1.71 bits per heavy atom. The molecular formula is C28H29ClN4O2. The number of carbonyl (C=O) groups excluding carboxylic acids is 2. The number of amides is 2. The topological polar surface area (TPSA) is 87.5 Å². The fourth-order valence-electron chi connectivity index (χ4n) is 4.33. The van der Waals surface area contributed by atoms with Gasteiger partial charge in [-0.05, 0) is 60.1 Å². The Labute approximate surface area is 210 Å². The number of halogens is 1. The van der Waals surface area contributed by atoms with Crippen molar-refractivity contribution in [2.24, 2.45) is 5.92 Å². The normalized spacial score (nSPS) is 18.0. The molecule has 35 heavy (non-hydrogen) atoms. The lowest BCUT2D eigenvalue weighted by Gasteiger charge is -2.19. The smallest absolute Gasteiger partial charge is 0.248 e. The minimum absolute atomic E-state index is 0.00843. The molecule has 6 nitrogen and oxygen atoms in total. The molecule has 2 amide bonds. The van der Waals surface area contributed by atoms with Gasteiger partial charge in [0.1, 0.15) is 0 Å². The molecule has 2 unspecified atom stereocenters. The Bertz CT molecular complexity index is 1210. The van der Waals surface area contributed by atoms with Crippen molar-refractivity contribution >= 4 is 46.6 Å². The fraction of sp³-hybridized carbons (Fsp3) is 0.214. The number of hydrogen-bond acceptors (Lipinski definition) is 4. The van der Waals surface area contributed by atoms with E-state index in [4.69, 9.17) is 17.3 Å². The number of para-hydroxylation sites is 2. The van der Waals surface area contributed by atoms with Gasteiger partial charge < -0.3 is 21.3 Å². The molecule has 4 rings (SSSR count). The lowest BCUT2D eigenvalue weighted by molar-refractivity contribution is -0.120. The number of hydrogen-bond donors (Lipinski definition) is 3. The lowest BCUT2D eigenvalue weighted by atomic mass is 9.88. The molecule has 1 aliphatic heterocycles. The molecule has 0 spiro atoms. The van der Waals surface area contributed by atoms with Gasteiger partial charge >= 0.3 is 0 Å². The van der Waals surface area contributed by atoms with E-state index in [1.807, 2.05) is 48.5 Å². The molecule has 1 heterocycles. The van der Waals surface area contributed by atoms with Crippen molar-refractivity contribution in [3.63, 3.8) is 0 Å². The summed E-state index contributed by atoms with van der Waals surface area (Å²) in [7, 11) is 0. The van der Waals surface area contributed by atoms with E-state index < -0.39 is 0 Å². The van der Waals surface area contributed by atoms with E-state index in [-0.39, 0.29) is 23.7 Å². The van der Waals surface area contributed by atoms with Gasteiger partial charge in [-0.2, -0.15) is 0 Å². The maximum absolute atomic E-state index is 13.1. The molecule has 1 saturated heterocycles. The first-order valence-corrected chi connectivity index (χ1v) is 12.0. The van der Waals surface area contributed by atoms with Crippen LogP contribution < -0.4 is 16.4 Å². The Balaban J connectivity index is 1.42. The van der Waals surface area contributed by atoms with E-state index in [2.05, 4.69) is 22.5 Å². The summed E-state index contributed by atoms with van der Waals surface area (Å²) in [4.78, 5) is 27.7. The zero-order valence-corrected chi connectivity index (χ0v) is 20.3. The standard InChI is InChI=1S/C28H29ClN4O2/c1-2-33-17-23(24(18-33)28(35)31-22-14-12-21(29)13-15-22)20-10-7-19(8-11-20)9-16-27(34)32-26-6-4-3-5-25(26)30/h3-16,23-24H,2,17-18,30H2,1H3,(H,31,35)(H,32,34)/b16-9+. The summed E-state index contributed by atoms with van der Waals surface area (Å²) in [6.45, 7) is 4.54. The Kier molecular flexibility index (Phi) is 7.85. The van der Waals surface area contributed by atoms with Crippen LogP contribution in [0.2, 0.25) is 5.02 Å². The minimum atomic E-state index is -0.250. The fourth-order valence-corrected chi connectivity index (χ4v) is 4.45. The average molecular weight is 489 g/mol. The maximum atomic E-state index is 13.1. The highest BCUT2D eigenvalue weighted by atomic mass is 35.5. The SMILES string of the molecule is CCN1CC(C(=O)Nc2ccc(Cl)cc2)C(c2ccc(/C=C/C(=O)Nc3ccccc3N)cc2)C1. The number of rotatable bonds is 7. The summed E-state index contributed by atoms with van der Waals surface area (Å²) < 4.78 is 0. The summed E-state index contributed by atoms with van der Waals surface area (Å²) in [5, 5.41) is 6.45. The van der Waals surface area contributed by atoms with Crippen LogP contribution in [-0.4, -0.2) is 36.3 Å². The van der Waals surface area contributed by atoms with Crippen LogP contribution in [-0.2, 0) is 9.59 Å². The molecule has 0 radical (unpaired) electrons. The highest BCUT2D eigenvalue weighted by Crippen LogP contribution is 2.34. The molecule has 0 saturated carbocycles. The van der Waals surface area contributed by atoms with Crippen LogP contribution in [0.15, 0.2) is 78.9 Å². The summed E-state index contributed by atoms with van der Waals surface area (Å²) in [6, 6.07) is 22.3. The van der Waals surface area contributed by atoms with Gasteiger partial charge in [-0.3, -0.25) is 9.59 Å². The number of carbonyl (C=O) groups is 2. The van der Waals surface area contributed by atoms with Crippen molar-refractivity contribution in [3.8, 4) is 0 Å². The molecule has 3 aromatic carbocycles. The van der Waals surface area contributed by atoms with Crippen LogP contribution in [0.1, 0.15) is 24.0 Å². The van der Waals surface area contributed by atoms with Crippen LogP contribution >= 0.6 is 11.6 Å². The molecule has 180 valence electrons. The molecule has 1 aliphatic rings. The first-order valence-electron chi connectivity index (χ1n) is 11.6. The lowest BCUT2D eigenvalue weighted by Crippen LogP contribution is -2.28. The molecule has 0 aliphatic carbocycles. The van der Waals surface area contributed by atoms with Gasteiger partial charge in [0, 0.05) is 35.8 Å². The number of likely N-dealkylation sites (N-methyl/N-ethyl adjacent to an activating group) is 1. The summed E-state index contributed by atoms with van der Waals surface area (Å²) >= 11 is 5.96. The van der Waals surface area contributed by atoms with Crippen LogP contribution in [0.3, 0.4) is 0 Å². The third kappa shape index (κ3) is 6.29. The van der Waals surface area contributed by atoms with Gasteiger partial charge in [-0.1, -0.05) is 54.9 Å². The van der Waals surface area contributed by atoms with Crippen LogP contribution in [0.4, 0.5) is 17.1 Å². The molecule has 3 aromatic rings. The average Bonchev–Trinajstić information content (AvgIpc) is 3.31. The largest absolute Gasteiger partial charge is 0.397 e. The molecule has 0 aromatic heterocycles. The first kappa shape index (κ1) is 24.5. The number of anilines is 3. The van der Waals surface area contributed by atoms with Gasteiger partial charge in [0.05, 0.1) is 17.3 Å². The molecule has 2 atom stereocenters. The van der Waals surface area contributed by atoms with Gasteiger partial charge in [-0.15, -0.1) is 0 Å². The van der Waals surface area contributed by atoms with Crippen LogP contribution in [0, 0.1) is 5.92 Å². The zero-order chi connectivity index (χ0) is 24.8.